The summed E-state index contributed by atoms with van der Waals surface area (Å²) in [5.74, 6) is 0. The Hall–Kier alpha value is -1.23. The zero-order valence-electron chi connectivity index (χ0n) is 11.7. The molecule has 2 N–H and O–H groups in total. The molecule has 2 rings (SSSR count). The number of benzene rings is 1. The lowest BCUT2D eigenvalue weighted by Gasteiger charge is -2.27. The Morgan fingerprint density at radius 1 is 1.25 bits per heavy atom. The highest BCUT2D eigenvalue weighted by Gasteiger charge is 2.15. The molecule has 20 heavy (non-hydrogen) atoms. The van der Waals surface area contributed by atoms with Gasteiger partial charge in [0, 0.05) is 41.9 Å². The molecule has 1 atom stereocenters. The van der Waals surface area contributed by atoms with Crippen LogP contribution in [0.4, 0.5) is 0 Å². The number of nitrogens with two attached hydrogens (primary N) is 1. The van der Waals surface area contributed by atoms with Gasteiger partial charge in [-0.2, -0.15) is 0 Å². The van der Waals surface area contributed by atoms with E-state index in [1.165, 1.54) is 5.56 Å². The van der Waals surface area contributed by atoms with Crippen LogP contribution in [0.15, 0.2) is 53.1 Å². The molecule has 0 spiro atoms. The number of hydrogen-bond acceptors (Lipinski definition) is 3. The summed E-state index contributed by atoms with van der Waals surface area (Å²) < 4.78 is 1.09. The van der Waals surface area contributed by atoms with Crippen LogP contribution in [0.3, 0.4) is 0 Å². The minimum absolute atomic E-state index is 0.233. The Bertz CT molecular complexity index is 530. The van der Waals surface area contributed by atoms with E-state index < -0.39 is 0 Å². The van der Waals surface area contributed by atoms with Gasteiger partial charge in [0.25, 0.3) is 0 Å². The third-order valence-electron chi connectivity index (χ3n) is 3.44. The molecule has 0 aliphatic carbocycles. The van der Waals surface area contributed by atoms with Gasteiger partial charge in [0.2, 0.25) is 0 Å². The predicted molar refractivity (Wildman–Crippen MR) is 86.5 cm³/mol. The van der Waals surface area contributed by atoms with Crippen molar-refractivity contribution in [1.82, 2.24) is 9.88 Å². The lowest BCUT2D eigenvalue weighted by Crippen LogP contribution is -2.32. The average Bonchev–Trinajstić information content (AvgIpc) is 2.47. The molecule has 1 unspecified atom stereocenters. The first-order chi connectivity index (χ1) is 9.70. The van der Waals surface area contributed by atoms with Gasteiger partial charge in [0.05, 0.1) is 0 Å². The summed E-state index contributed by atoms with van der Waals surface area (Å²) in [4.78, 5) is 6.65. The van der Waals surface area contributed by atoms with Gasteiger partial charge in [-0.05, 0) is 36.9 Å². The molecule has 2 aromatic rings. The first-order valence-electron chi connectivity index (χ1n) is 6.76. The van der Waals surface area contributed by atoms with Crippen molar-refractivity contribution in [3.05, 3.63) is 64.4 Å². The highest BCUT2D eigenvalue weighted by molar-refractivity contribution is 9.10. The summed E-state index contributed by atoms with van der Waals surface area (Å²) >= 11 is 3.52. The second-order valence-corrected chi connectivity index (χ2v) is 5.77. The van der Waals surface area contributed by atoms with Crippen molar-refractivity contribution in [2.75, 3.05) is 20.1 Å². The van der Waals surface area contributed by atoms with Gasteiger partial charge in [0.1, 0.15) is 0 Å². The van der Waals surface area contributed by atoms with Crippen LogP contribution in [0.2, 0.25) is 0 Å². The van der Waals surface area contributed by atoms with E-state index >= 15 is 0 Å². The number of halogens is 1. The van der Waals surface area contributed by atoms with Crippen molar-refractivity contribution in [3.8, 4) is 0 Å². The minimum atomic E-state index is 0.233. The number of likely N-dealkylation sites (N-methyl/N-ethyl adjacent to an activating group) is 1. The summed E-state index contributed by atoms with van der Waals surface area (Å²) in [6, 6.07) is 14.6. The van der Waals surface area contributed by atoms with Crippen LogP contribution in [0.1, 0.15) is 17.3 Å². The molecule has 0 radical (unpaired) electrons. The molecule has 0 bridgehead atoms. The fourth-order valence-corrected chi connectivity index (χ4v) is 2.69. The smallest absolute Gasteiger partial charge is 0.0467 e. The van der Waals surface area contributed by atoms with Crippen LogP contribution in [0.5, 0.6) is 0 Å². The molecule has 106 valence electrons. The van der Waals surface area contributed by atoms with Crippen molar-refractivity contribution >= 4 is 15.9 Å². The van der Waals surface area contributed by atoms with Crippen molar-refractivity contribution < 1.29 is 0 Å². The second kappa shape index (κ2) is 7.53. The second-order valence-electron chi connectivity index (χ2n) is 4.86. The van der Waals surface area contributed by atoms with Crippen LogP contribution in [-0.4, -0.2) is 30.0 Å². The molecule has 3 nitrogen and oxygen atoms in total. The summed E-state index contributed by atoms with van der Waals surface area (Å²) in [5.41, 5.74) is 8.31. The summed E-state index contributed by atoms with van der Waals surface area (Å²) in [6.07, 6.45) is 2.77. The van der Waals surface area contributed by atoms with Crippen LogP contribution in [0.25, 0.3) is 0 Å². The van der Waals surface area contributed by atoms with Crippen molar-refractivity contribution in [1.29, 1.82) is 0 Å². The predicted octanol–water partition coefficient (Wildman–Crippen LogP) is 3.02. The standard InChI is InChI=1S/C16H20BrN3/c1-20(10-8-15-7-2-3-9-19-15)16(12-18)13-5-4-6-14(17)11-13/h2-7,9,11,16H,8,10,12,18H2,1H3. The number of aromatic nitrogens is 1. The topological polar surface area (TPSA) is 42.2 Å². The Balaban J connectivity index is 2.00. The molecule has 0 saturated heterocycles. The molecular weight excluding hydrogens is 314 g/mol. The fourth-order valence-electron chi connectivity index (χ4n) is 2.28. The zero-order chi connectivity index (χ0) is 14.4. The van der Waals surface area contributed by atoms with E-state index in [2.05, 4.69) is 57.1 Å². The van der Waals surface area contributed by atoms with E-state index in [0.29, 0.717) is 6.54 Å². The molecule has 0 saturated carbocycles. The molecule has 1 aromatic heterocycles. The number of nitrogens with zero attached hydrogens (tertiary/aromatic N) is 2. The monoisotopic (exact) mass is 333 g/mol. The molecule has 0 aliphatic heterocycles. The SMILES string of the molecule is CN(CCc1ccccn1)C(CN)c1cccc(Br)c1. The van der Waals surface area contributed by atoms with Gasteiger partial charge < -0.3 is 5.73 Å². The van der Waals surface area contributed by atoms with Crippen LogP contribution >= 0.6 is 15.9 Å². The molecule has 1 aromatic carbocycles. The normalized spacial score (nSPS) is 12.6. The van der Waals surface area contributed by atoms with E-state index in [0.717, 1.165) is 23.1 Å². The van der Waals surface area contributed by atoms with E-state index in [9.17, 15) is 0 Å². The summed E-state index contributed by atoms with van der Waals surface area (Å²) in [6.45, 7) is 1.54. The summed E-state index contributed by atoms with van der Waals surface area (Å²) in [5, 5.41) is 0. The average molecular weight is 334 g/mol. The van der Waals surface area contributed by atoms with E-state index in [4.69, 9.17) is 5.73 Å². The van der Waals surface area contributed by atoms with Gasteiger partial charge >= 0.3 is 0 Å². The highest BCUT2D eigenvalue weighted by atomic mass is 79.9. The van der Waals surface area contributed by atoms with Crippen LogP contribution < -0.4 is 5.73 Å². The van der Waals surface area contributed by atoms with E-state index in [-0.39, 0.29) is 6.04 Å². The Morgan fingerprint density at radius 3 is 2.75 bits per heavy atom. The molecule has 0 aliphatic rings. The summed E-state index contributed by atoms with van der Waals surface area (Å²) in [7, 11) is 2.11. The third kappa shape index (κ3) is 4.13. The zero-order valence-corrected chi connectivity index (χ0v) is 13.3. The largest absolute Gasteiger partial charge is 0.329 e. The molecule has 0 fully saturated rings. The Kier molecular flexibility index (Phi) is 5.71. The van der Waals surface area contributed by atoms with Gasteiger partial charge in [-0.1, -0.05) is 34.1 Å². The number of pyridine rings is 1. The maximum Gasteiger partial charge on any atom is 0.0467 e. The van der Waals surface area contributed by atoms with E-state index in [1.54, 1.807) is 0 Å². The van der Waals surface area contributed by atoms with Crippen molar-refractivity contribution in [3.63, 3.8) is 0 Å². The van der Waals surface area contributed by atoms with Crippen molar-refractivity contribution in [2.24, 2.45) is 5.73 Å². The van der Waals surface area contributed by atoms with Crippen LogP contribution in [-0.2, 0) is 6.42 Å². The highest BCUT2D eigenvalue weighted by Crippen LogP contribution is 2.21. The lowest BCUT2D eigenvalue weighted by atomic mass is 10.1. The molecule has 1 heterocycles. The van der Waals surface area contributed by atoms with Gasteiger partial charge in [0.15, 0.2) is 0 Å². The van der Waals surface area contributed by atoms with E-state index in [1.807, 2.05) is 24.4 Å². The quantitative estimate of drug-likeness (QED) is 0.883. The van der Waals surface area contributed by atoms with Crippen molar-refractivity contribution in [2.45, 2.75) is 12.5 Å². The van der Waals surface area contributed by atoms with Crippen LogP contribution in [0, 0.1) is 0 Å². The molecule has 4 heteroatoms. The lowest BCUT2D eigenvalue weighted by molar-refractivity contribution is 0.252. The Morgan fingerprint density at radius 2 is 2.10 bits per heavy atom. The number of rotatable bonds is 6. The Labute approximate surface area is 129 Å². The molecule has 0 amide bonds. The third-order valence-corrected chi connectivity index (χ3v) is 3.93. The minimum Gasteiger partial charge on any atom is -0.329 e. The fraction of sp³-hybridized carbons (Fsp3) is 0.312. The van der Waals surface area contributed by atoms with Gasteiger partial charge in [-0.25, -0.2) is 0 Å². The first-order valence-corrected chi connectivity index (χ1v) is 7.55. The maximum absolute atomic E-state index is 5.95. The molecular formula is C16H20BrN3. The number of hydrogen-bond donors (Lipinski definition) is 1. The van der Waals surface area contributed by atoms with Gasteiger partial charge in [-0.3, -0.25) is 9.88 Å². The van der Waals surface area contributed by atoms with Gasteiger partial charge in [-0.15, -0.1) is 0 Å². The first kappa shape index (κ1) is 15.2. The maximum atomic E-state index is 5.95.